The Kier molecular flexibility index (Phi) is 6.38. The van der Waals surface area contributed by atoms with Crippen LogP contribution in [0.3, 0.4) is 0 Å². The van der Waals surface area contributed by atoms with Crippen molar-refractivity contribution >= 4 is 26.8 Å². The van der Waals surface area contributed by atoms with Crippen LogP contribution in [0.15, 0.2) is 88.7 Å². The molecular formula is C31H26FN3O4S. The van der Waals surface area contributed by atoms with Crippen LogP contribution in [0.4, 0.5) is 4.39 Å². The number of carbonyl (C=O) groups excluding carboxylic acids is 1. The van der Waals surface area contributed by atoms with Gasteiger partial charge in [0.05, 0.1) is 27.4 Å². The largest absolute Gasteiger partial charge is 0.491 e. The highest BCUT2D eigenvalue weighted by Crippen LogP contribution is 2.32. The van der Waals surface area contributed by atoms with Crippen molar-refractivity contribution in [1.29, 1.82) is 0 Å². The average molecular weight is 556 g/mol. The highest BCUT2D eigenvalue weighted by molar-refractivity contribution is 7.91. The Hall–Kier alpha value is -4.50. The van der Waals surface area contributed by atoms with Crippen molar-refractivity contribution in [2.75, 3.05) is 13.2 Å². The molecule has 202 valence electrons. The van der Waals surface area contributed by atoms with Gasteiger partial charge in [0.25, 0.3) is 5.91 Å². The van der Waals surface area contributed by atoms with Crippen LogP contribution in [-0.4, -0.2) is 42.3 Å². The minimum atomic E-state index is -3.93. The van der Waals surface area contributed by atoms with Gasteiger partial charge in [0.15, 0.2) is 0 Å². The molecule has 1 aliphatic heterocycles. The quantitative estimate of drug-likeness (QED) is 0.300. The van der Waals surface area contributed by atoms with E-state index in [1.807, 2.05) is 37.3 Å². The van der Waals surface area contributed by atoms with Gasteiger partial charge in [-0.3, -0.25) is 4.79 Å². The Labute approximate surface area is 231 Å². The average Bonchev–Trinajstić information content (AvgIpc) is 3.18. The number of hydrogen-bond donors (Lipinski definition) is 1. The number of aromatic nitrogens is 2. The van der Waals surface area contributed by atoms with Crippen LogP contribution in [0.5, 0.6) is 5.75 Å². The van der Waals surface area contributed by atoms with Crippen molar-refractivity contribution in [1.82, 2.24) is 14.9 Å². The summed E-state index contributed by atoms with van der Waals surface area (Å²) in [5, 5.41) is 0. The Morgan fingerprint density at radius 2 is 1.73 bits per heavy atom. The lowest BCUT2D eigenvalue weighted by molar-refractivity contribution is 0.0732. The second kappa shape index (κ2) is 9.91. The van der Waals surface area contributed by atoms with Crippen LogP contribution in [-0.2, 0) is 16.4 Å². The molecular weight excluding hydrogens is 529 g/mol. The van der Waals surface area contributed by atoms with Crippen LogP contribution >= 0.6 is 0 Å². The van der Waals surface area contributed by atoms with Crippen LogP contribution in [0.25, 0.3) is 22.2 Å². The van der Waals surface area contributed by atoms with Crippen molar-refractivity contribution < 1.29 is 22.3 Å². The summed E-state index contributed by atoms with van der Waals surface area (Å²) in [5.74, 6) is 0.731. The Bertz CT molecular complexity index is 1900. The van der Waals surface area contributed by atoms with Crippen LogP contribution < -0.4 is 4.74 Å². The third-order valence-electron chi connectivity index (χ3n) is 7.11. The number of benzene rings is 4. The van der Waals surface area contributed by atoms with Crippen LogP contribution in [0.1, 0.15) is 27.3 Å². The number of amides is 1. The molecule has 0 spiro atoms. The van der Waals surface area contributed by atoms with Crippen LogP contribution in [0, 0.1) is 19.7 Å². The van der Waals surface area contributed by atoms with E-state index in [0.29, 0.717) is 30.8 Å². The van der Waals surface area contributed by atoms with Gasteiger partial charge in [-0.2, -0.15) is 0 Å². The van der Waals surface area contributed by atoms with E-state index in [1.54, 1.807) is 11.8 Å². The molecule has 0 saturated heterocycles. The lowest BCUT2D eigenvalue weighted by atomic mass is 10.0. The standard InChI is InChI=1S/C31H26FN3O4S/c1-19-14-26(40(37,38)25-5-3-4-24(32)17-25)8-9-27(19)31(36)35-12-13-39-30-11-7-21(15-23(30)18-35)22-6-10-28-29(16-22)34-20(2)33-28/h3-11,14-17H,12-13,18H2,1-2H3,(H,33,34). The third kappa shape index (κ3) is 4.73. The van der Waals surface area contributed by atoms with Crippen molar-refractivity contribution in [2.24, 2.45) is 0 Å². The number of ether oxygens (including phenoxy) is 1. The number of halogens is 1. The first-order chi connectivity index (χ1) is 19.2. The summed E-state index contributed by atoms with van der Waals surface area (Å²) in [5.41, 5.74) is 5.67. The van der Waals surface area contributed by atoms with Gasteiger partial charge in [-0.1, -0.05) is 18.2 Å². The minimum Gasteiger partial charge on any atom is -0.491 e. The molecule has 0 fully saturated rings. The monoisotopic (exact) mass is 555 g/mol. The summed E-state index contributed by atoms with van der Waals surface area (Å²) < 4.78 is 45.7. The summed E-state index contributed by atoms with van der Waals surface area (Å²) in [6.45, 7) is 4.68. The van der Waals surface area contributed by atoms with Crippen LogP contribution in [0.2, 0.25) is 0 Å². The maximum absolute atomic E-state index is 13.7. The van der Waals surface area contributed by atoms with E-state index in [1.165, 1.54) is 36.4 Å². The summed E-state index contributed by atoms with van der Waals surface area (Å²) >= 11 is 0. The molecule has 5 aromatic rings. The predicted octanol–water partition coefficient (Wildman–Crippen LogP) is 5.85. The van der Waals surface area contributed by atoms with Gasteiger partial charge in [0.2, 0.25) is 9.84 Å². The Morgan fingerprint density at radius 1 is 0.950 bits per heavy atom. The number of fused-ring (bicyclic) bond motifs is 2. The fourth-order valence-corrected chi connectivity index (χ4v) is 6.42. The molecule has 0 atom stereocenters. The maximum Gasteiger partial charge on any atom is 0.254 e. The molecule has 0 bridgehead atoms. The van der Waals surface area contributed by atoms with Crippen molar-refractivity contribution in [3.05, 3.63) is 107 Å². The molecule has 0 radical (unpaired) electrons. The number of imidazole rings is 1. The van der Waals surface area contributed by atoms with Crippen molar-refractivity contribution in [2.45, 2.75) is 30.2 Å². The van der Waals surface area contributed by atoms with Crippen molar-refractivity contribution in [3.8, 4) is 16.9 Å². The first-order valence-corrected chi connectivity index (χ1v) is 14.3. The Morgan fingerprint density at radius 3 is 2.52 bits per heavy atom. The van der Waals surface area contributed by atoms with Gasteiger partial charge in [-0.05, 0) is 91.2 Å². The lowest BCUT2D eigenvalue weighted by Crippen LogP contribution is -2.33. The second-order valence-corrected chi connectivity index (χ2v) is 11.8. The number of carbonyl (C=O) groups is 1. The summed E-state index contributed by atoms with van der Waals surface area (Å²) in [7, 11) is -3.93. The van der Waals surface area contributed by atoms with Gasteiger partial charge in [-0.25, -0.2) is 17.8 Å². The number of rotatable bonds is 4. The number of aryl methyl sites for hydroxylation is 2. The maximum atomic E-state index is 13.7. The smallest absolute Gasteiger partial charge is 0.254 e. The molecule has 40 heavy (non-hydrogen) atoms. The first kappa shape index (κ1) is 25.8. The second-order valence-electron chi connectivity index (χ2n) is 9.89. The number of H-pyrrole nitrogens is 1. The SMILES string of the molecule is Cc1nc2ccc(-c3ccc4c(c3)CN(C(=O)c3ccc(S(=O)(=O)c5cccc(F)c5)cc3C)CCO4)cc2[nH]1. The fraction of sp³-hybridized carbons (Fsp3) is 0.161. The predicted molar refractivity (Wildman–Crippen MR) is 150 cm³/mol. The van der Waals surface area contributed by atoms with Gasteiger partial charge < -0.3 is 14.6 Å². The molecule has 2 heterocycles. The molecule has 0 unspecified atom stereocenters. The van der Waals surface area contributed by atoms with Gasteiger partial charge in [0, 0.05) is 17.7 Å². The normalized spacial score (nSPS) is 13.5. The molecule has 9 heteroatoms. The zero-order valence-corrected chi connectivity index (χ0v) is 22.8. The van der Waals surface area contributed by atoms with E-state index in [9.17, 15) is 17.6 Å². The molecule has 1 aliphatic rings. The fourth-order valence-electron chi connectivity index (χ4n) is 5.05. The molecule has 0 aliphatic carbocycles. The summed E-state index contributed by atoms with van der Waals surface area (Å²) in [6.07, 6.45) is 0. The zero-order valence-electron chi connectivity index (χ0n) is 21.9. The topological polar surface area (TPSA) is 92.4 Å². The first-order valence-electron chi connectivity index (χ1n) is 12.8. The third-order valence-corrected chi connectivity index (χ3v) is 8.86. The number of nitrogens with zero attached hydrogens (tertiary/aromatic N) is 2. The van der Waals surface area contributed by atoms with E-state index in [0.717, 1.165) is 45.4 Å². The van der Waals surface area contributed by atoms with Crippen molar-refractivity contribution in [3.63, 3.8) is 0 Å². The van der Waals surface area contributed by atoms with E-state index < -0.39 is 15.7 Å². The summed E-state index contributed by atoms with van der Waals surface area (Å²) in [4.78, 5) is 22.9. The number of nitrogens with one attached hydrogen (secondary N) is 1. The van der Waals surface area contributed by atoms with E-state index >= 15 is 0 Å². The van der Waals surface area contributed by atoms with E-state index in [2.05, 4.69) is 16.0 Å². The molecule has 1 amide bonds. The number of hydrogen-bond acceptors (Lipinski definition) is 5. The molecule has 1 aromatic heterocycles. The van der Waals surface area contributed by atoms with E-state index in [4.69, 9.17) is 4.74 Å². The lowest BCUT2D eigenvalue weighted by Gasteiger charge is -2.21. The van der Waals surface area contributed by atoms with E-state index in [-0.39, 0.29) is 15.7 Å². The highest BCUT2D eigenvalue weighted by atomic mass is 32.2. The summed E-state index contributed by atoms with van der Waals surface area (Å²) in [6, 6.07) is 21.3. The highest BCUT2D eigenvalue weighted by Gasteiger charge is 2.25. The van der Waals surface area contributed by atoms with Gasteiger partial charge >= 0.3 is 0 Å². The molecule has 4 aromatic carbocycles. The Balaban J connectivity index is 1.27. The molecule has 6 rings (SSSR count). The molecule has 1 N–H and O–H groups in total. The zero-order chi connectivity index (χ0) is 28.0. The number of aromatic amines is 1. The minimum absolute atomic E-state index is 0.00534. The number of sulfone groups is 1. The molecule has 7 nitrogen and oxygen atoms in total. The van der Waals surface area contributed by atoms with Gasteiger partial charge in [0.1, 0.15) is 24.0 Å². The van der Waals surface area contributed by atoms with Gasteiger partial charge in [-0.15, -0.1) is 0 Å². The molecule has 0 saturated carbocycles.